The predicted octanol–water partition coefficient (Wildman–Crippen LogP) is 3.05. The highest BCUT2D eigenvalue weighted by atomic mass is 16.8. The maximum Gasteiger partial charge on any atom is 0.639 e. The molecule has 1 aliphatic rings. The highest BCUT2D eigenvalue weighted by Crippen LogP contribution is 2.07. The van der Waals surface area contributed by atoms with Crippen molar-refractivity contribution in [3.05, 3.63) is 0 Å². The summed E-state index contributed by atoms with van der Waals surface area (Å²) in [6, 6.07) is 0. The maximum atomic E-state index is 5.66. The summed E-state index contributed by atoms with van der Waals surface area (Å²) in [5.41, 5.74) is 0. The van der Waals surface area contributed by atoms with Crippen molar-refractivity contribution in [3.63, 3.8) is 0 Å². The molecule has 0 spiro atoms. The Morgan fingerprint density at radius 2 is 1.68 bits per heavy atom. The van der Waals surface area contributed by atoms with Crippen LogP contribution in [-0.4, -0.2) is 40.4 Å². The van der Waals surface area contributed by atoms with Crippen molar-refractivity contribution < 1.29 is 18.7 Å². The van der Waals surface area contributed by atoms with E-state index in [1.165, 1.54) is 38.5 Å². The summed E-state index contributed by atoms with van der Waals surface area (Å²) in [4.78, 5) is 0. The zero-order valence-corrected chi connectivity index (χ0v) is 12.6. The lowest BCUT2D eigenvalue weighted by molar-refractivity contribution is 0.0692. The summed E-state index contributed by atoms with van der Waals surface area (Å²) in [5.74, 6) is 0.382. The minimum Gasteiger partial charge on any atom is -0.386 e. The molecule has 0 bridgehead atoms. The summed E-state index contributed by atoms with van der Waals surface area (Å²) in [6.45, 7) is 7.88. The molecule has 1 saturated heterocycles. The lowest BCUT2D eigenvalue weighted by Crippen LogP contribution is -2.24. The van der Waals surface area contributed by atoms with Crippen LogP contribution in [0.2, 0.25) is 0 Å². The zero-order chi connectivity index (χ0) is 13.8. The molecular weight excluding hydrogens is 243 g/mol. The second-order valence-corrected chi connectivity index (χ2v) is 5.31. The topological polar surface area (TPSA) is 36.9 Å². The van der Waals surface area contributed by atoms with Gasteiger partial charge in [-0.05, 0) is 6.42 Å². The highest BCUT2D eigenvalue weighted by molar-refractivity contribution is 6.36. The predicted molar refractivity (Wildman–Crippen MR) is 77.0 cm³/mol. The molecule has 1 fully saturated rings. The maximum absolute atomic E-state index is 5.66. The first kappa shape index (κ1) is 17.0. The molecule has 1 atom stereocenters. The third-order valence-electron chi connectivity index (χ3n) is 3.15. The van der Waals surface area contributed by atoms with Gasteiger partial charge in [0.25, 0.3) is 0 Å². The molecule has 5 heteroatoms. The molecule has 0 aromatic carbocycles. The Bertz CT molecular complexity index is 198. The first-order chi connectivity index (χ1) is 9.33. The lowest BCUT2D eigenvalue weighted by Gasteiger charge is -2.13. The number of hydrogen-bond acceptors (Lipinski definition) is 4. The fraction of sp³-hybridized carbons (Fsp3) is 1.00. The molecular formula is C14H29BO4. The summed E-state index contributed by atoms with van der Waals surface area (Å²) in [5, 5.41) is 0. The Balaban J connectivity index is 1.80. The van der Waals surface area contributed by atoms with Crippen LogP contribution >= 0.6 is 0 Å². The van der Waals surface area contributed by atoms with Crippen LogP contribution in [-0.2, 0) is 18.7 Å². The van der Waals surface area contributed by atoms with Gasteiger partial charge >= 0.3 is 7.32 Å². The van der Waals surface area contributed by atoms with E-state index in [0.717, 1.165) is 13.2 Å². The Morgan fingerprint density at radius 1 is 1.00 bits per heavy atom. The van der Waals surface area contributed by atoms with Gasteiger partial charge in [0.1, 0.15) is 0 Å². The van der Waals surface area contributed by atoms with E-state index >= 15 is 0 Å². The smallest absolute Gasteiger partial charge is 0.386 e. The molecule has 19 heavy (non-hydrogen) atoms. The Kier molecular flexibility index (Phi) is 10.5. The van der Waals surface area contributed by atoms with E-state index in [0.29, 0.717) is 25.7 Å². The van der Waals surface area contributed by atoms with Gasteiger partial charge < -0.3 is 18.7 Å². The highest BCUT2D eigenvalue weighted by Gasteiger charge is 2.26. The van der Waals surface area contributed by atoms with E-state index in [9.17, 15) is 0 Å². The van der Waals surface area contributed by atoms with Crippen molar-refractivity contribution in [1.82, 2.24) is 0 Å². The SMILES string of the molecule is CCCCCCCCOCC(C)COB1OCCO1. The van der Waals surface area contributed by atoms with Gasteiger partial charge in [0, 0.05) is 19.1 Å². The molecule has 0 amide bonds. The van der Waals surface area contributed by atoms with Gasteiger partial charge in [-0.1, -0.05) is 46.0 Å². The Morgan fingerprint density at radius 3 is 2.42 bits per heavy atom. The van der Waals surface area contributed by atoms with Crippen molar-refractivity contribution in [2.45, 2.75) is 52.4 Å². The molecule has 0 N–H and O–H groups in total. The fourth-order valence-corrected chi connectivity index (χ4v) is 1.99. The van der Waals surface area contributed by atoms with E-state index in [4.69, 9.17) is 18.7 Å². The fourth-order valence-electron chi connectivity index (χ4n) is 1.99. The molecule has 1 aliphatic heterocycles. The molecule has 1 heterocycles. The Hall–Kier alpha value is -0.0951. The first-order valence-corrected chi connectivity index (χ1v) is 7.75. The average Bonchev–Trinajstić information content (AvgIpc) is 2.93. The number of rotatable bonds is 12. The van der Waals surface area contributed by atoms with Crippen molar-refractivity contribution in [2.24, 2.45) is 5.92 Å². The van der Waals surface area contributed by atoms with Crippen LogP contribution in [0, 0.1) is 5.92 Å². The standard InChI is InChI=1S/C14H29BO4/c1-3-4-5-6-7-8-9-16-12-14(2)13-19-15-17-10-11-18-15/h14H,3-13H2,1-2H3. The van der Waals surface area contributed by atoms with Crippen LogP contribution in [0.4, 0.5) is 0 Å². The summed E-state index contributed by atoms with van der Waals surface area (Å²) >= 11 is 0. The van der Waals surface area contributed by atoms with Gasteiger partial charge in [-0.2, -0.15) is 0 Å². The average molecular weight is 272 g/mol. The van der Waals surface area contributed by atoms with E-state index < -0.39 is 7.32 Å². The minimum atomic E-state index is -0.457. The van der Waals surface area contributed by atoms with Gasteiger partial charge in [-0.3, -0.25) is 0 Å². The van der Waals surface area contributed by atoms with Gasteiger partial charge in [0.05, 0.1) is 19.8 Å². The van der Waals surface area contributed by atoms with Crippen molar-refractivity contribution in [1.29, 1.82) is 0 Å². The van der Waals surface area contributed by atoms with Gasteiger partial charge in [-0.25, -0.2) is 0 Å². The molecule has 0 radical (unpaired) electrons. The van der Waals surface area contributed by atoms with Crippen LogP contribution in [0.25, 0.3) is 0 Å². The molecule has 112 valence electrons. The molecule has 0 aliphatic carbocycles. The van der Waals surface area contributed by atoms with E-state index in [2.05, 4.69) is 13.8 Å². The quantitative estimate of drug-likeness (QED) is 0.404. The lowest BCUT2D eigenvalue weighted by atomic mass is 10.1. The summed E-state index contributed by atoms with van der Waals surface area (Å²) in [6.07, 6.45) is 7.83. The molecule has 4 nitrogen and oxygen atoms in total. The monoisotopic (exact) mass is 272 g/mol. The third-order valence-corrected chi connectivity index (χ3v) is 3.15. The van der Waals surface area contributed by atoms with Crippen LogP contribution in [0.1, 0.15) is 52.4 Å². The second kappa shape index (κ2) is 11.7. The van der Waals surface area contributed by atoms with Crippen molar-refractivity contribution >= 4 is 7.32 Å². The van der Waals surface area contributed by atoms with Crippen LogP contribution < -0.4 is 0 Å². The summed E-state index contributed by atoms with van der Waals surface area (Å²) < 4.78 is 21.5. The molecule has 0 aromatic heterocycles. The summed E-state index contributed by atoms with van der Waals surface area (Å²) in [7, 11) is -0.457. The number of ether oxygens (including phenoxy) is 1. The van der Waals surface area contributed by atoms with Crippen LogP contribution in [0.15, 0.2) is 0 Å². The Labute approximate surface area is 118 Å². The molecule has 0 saturated carbocycles. The van der Waals surface area contributed by atoms with Gasteiger partial charge in [0.15, 0.2) is 0 Å². The van der Waals surface area contributed by atoms with Gasteiger partial charge in [-0.15, -0.1) is 0 Å². The van der Waals surface area contributed by atoms with Crippen molar-refractivity contribution in [3.8, 4) is 0 Å². The van der Waals surface area contributed by atoms with E-state index in [-0.39, 0.29) is 0 Å². The largest absolute Gasteiger partial charge is 0.639 e. The number of hydrogen-bond donors (Lipinski definition) is 0. The first-order valence-electron chi connectivity index (χ1n) is 7.75. The minimum absolute atomic E-state index is 0.382. The molecule has 0 aromatic rings. The van der Waals surface area contributed by atoms with Crippen LogP contribution in [0.3, 0.4) is 0 Å². The molecule has 1 unspecified atom stereocenters. The normalized spacial score (nSPS) is 17.1. The van der Waals surface area contributed by atoms with E-state index in [1.54, 1.807) is 0 Å². The van der Waals surface area contributed by atoms with E-state index in [1.807, 2.05) is 0 Å². The zero-order valence-electron chi connectivity index (χ0n) is 12.6. The number of unbranched alkanes of at least 4 members (excludes halogenated alkanes) is 5. The second-order valence-electron chi connectivity index (χ2n) is 5.31. The van der Waals surface area contributed by atoms with Crippen LogP contribution in [0.5, 0.6) is 0 Å². The van der Waals surface area contributed by atoms with Crippen molar-refractivity contribution in [2.75, 3.05) is 33.0 Å². The molecule has 1 rings (SSSR count). The van der Waals surface area contributed by atoms with Gasteiger partial charge in [0.2, 0.25) is 0 Å². The third kappa shape index (κ3) is 9.44.